The van der Waals surface area contributed by atoms with Gasteiger partial charge in [0, 0.05) is 39.9 Å². The molecule has 2 amide bonds. The molecule has 162 valence electrons. The van der Waals surface area contributed by atoms with Crippen molar-refractivity contribution in [3.8, 4) is 0 Å². The minimum absolute atomic E-state index is 0. The van der Waals surface area contributed by atoms with Gasteiger partial charge in [-0.2, -0.15) is 0 Å². The van der Waals surface area contributed by atoms with Gasteiger partial charge in [-0.05, 0) is 49.9 Å². The topological polar surface area (TPSA) is 83.0 Å². The molecule has 2 saturated carbocycles. The number of carbonyl (C=O) groups excluding carboxylic acids is 2. The summed E-state index contributed by atoms with van der Waals surface area (Å²) in [6.07, 6.45) is 8.74. The third-order valence-electron chi connectivity index (χ3n) is 6.98. The van der Waals surface area contributed by atoms with Gasteiger partial charge >= 0.3 is 0 Å². The normalized spacial score (nSPS) is 31.1. The van der Waals surface area contributed by atoms with Crippen LogP contribution in [0, 0.1) is 29.1 Å². The molecule has 0 aromatic heterocycles. The first-order valence-electron chi connectivity index (χ1n) is 10.6. The van der Waals surface area contributed by atoms with E-state index in [9.17, 15) is 9.59 Å². The molecule has 4 aliphatic rings. The molecule has 1 aliphatic heterocycles. The highest BCUT2D eigenvalue weighted by molar-refractivity contribution is 14.0. The third-order valence-corrected chi connectivity index (χ3v) is 6.98. The van der Waals surface area contributed by atoms with E-state index < -0.39 is 0 Å². The number of guanidine groups is 1. The molecule has 8 heteroatoms. The molecular formula is C21H33IN4O3. The zero-order valence-electron chi connectivity index (χ0n) is 17.4. The number of allylic oxidation sites excluding steroid dienone is 2. The van der Waals surface area contributed by atoms with Crippen LogP contribution in [0.2, 0.25) is 0 Å². The van der Waals surface area contributed by atoms with E-state index in [1.54, 1.807) is 7.05 Å². The summed E-state index contributed by atoms with van der Waals surface area (Å²) in [5.41, 5.74) is 0.331. The highest BCUT2D eigenvalue weighted by Crippen LogP contribution is 2.52. The fourth-order valence-electron chi connectivity index (χ4n) is 5.09. The predicted octanol–water partition coefficient (Wildman–Crippen LogP) is 1.78. The maximum atomic E-state index is 12.7. The van der Waals surface area contributed by atoms with Gasteiger partial charge in [-0.1, -0.05) is 12.2 Å². The lowest BCUT2D eigenvalue weighted by atomic mass is 9.85. The Morgan fingerprint density at radius 3 is 2.41 bits per heavy atom. The van der Waals surface area contributed by atoms with E-state index in [0.29, 0.717) is 18.5 Å². The van der Waals surface area contributed by atoms with E-state index in [2.05, 4.69) is 27.8 Å². The summed E-state index contributed by atoms with van der Waals surface area (Å²) in [5, 5.41) is 6.65. The Kier molecular flexibility index (Phi) is 7.24. The number of halogens is 1. The number of likely N-dealkylation sites (tertiary alicyclic amines) is 1. The van der Waals surface area contributed by atoms with Crippen LogP contribution in [0.4, 0.5) is 0 Å². The summed E-state index contributed by atoms with van der Waals surface area (Å²) in [7, 11) is 1.75. The Morgan fingerprint density at radius 1 is 1.21 bits per heavy atom. The summed E-state index contributed by atoms with van der Waals surface area (Å²) in [6.45, 7) is 5.39. The number of hydrogen-bond acceptors (Lipinski definition) is 4. The smallest absolute Gasteiger partial charge is 0.233 e. The summed E-state index contributed by atoms with van der Waals surface area (Å²) >= 11 is 0. The van der Waals surface area contributed by atoms with Crippen molar-refractivity contribution >= 4 is 41.8 Å². The molecule has 4 atom stereocenters. The van der Waals surface area contributed by atoms with Crippen molar-refractivity contribution in [2.24, 2.45) is 34.1 Å². The average Bonchev–Trinajstić information content (AvgIpc) is 3.05. The van der Waals surface area contributed by atoms with Crippen molar-refractivity contribution in [3.63, 3.8) is 0 Å². The second-order valence-electron chi connectivity index (χ2n) is 8.63. The van der Waals surface area contributed by atoms with E-state index in [1.165, 1.54) is 17.7 Å². The van der Waals surface area contributed by atoms with Crippen molar-refractivity contribution in [1.29, 1.82) is 0 Å². The zero-order valence-corrected chi connectivity index (χ0v) is 19.7. The van der Waals surface area contributed by atoms with Crippen molar-refractivity contribution < 1.29 is 14.3 Å². The maximum Gasteiger partial charge on any atom is 0.233 e. The molecule has 1 heterocycles. The average molecular weight is 516 g/mol. The van der Waals surface area contributed by atoms with E-state index in [4.69, 9.17) is 4.74 Å². The number of nitrogens with one attached hydrogen (secondary N) is 2. The van der Waals surface area contributed by atoms with Crippen LogP contribution < -0.4 is 10.6 Å². The van der Waals surface area contributed by atoms with Crippen molar-refractivity contribution in [2.45, 2.75) is 32.6 Å². The minimum atomic E-state index is -0.111. The quantitative estimate of drug-likeness (QED) is 0.122. The number of aliphatic imine (C=N–C) groups is 1. The monoisotopic (exact) mass is 516 g/mol. The van der Waals surface area contributed by atoms with Crippen LogP contribution >= 0.6 is 24.0 Å². The molecule has 1 saturated heterocycles. The predicted molar refractivity (Wildman–Crippen MR) is 122 cm³/mol. The first-order valence-corrected chi connectivity index (χ1v) is 10.6. The van der Waals surface area contributed by atoms with Gasteiger partial charge in [-0.25, -0.2) is 0 Å². The van der Waals surface area contributed by atoms with Gasteiger partial charge in [0.15, 0.2) is 5.96 Å². The Hall–Kier alpha value is -1.16. The maximum absolute atomic E-state index is 12.7. The lowest BCUT2D eigenvalue weighted by molar-refractivity contribution is -0.140. The number of hydrogen-bond donors (Lipinski definition) is 2. The standard InChI is InChI=1S/C21H32N4O3.HI/c1-3-28-11-8-21(6-7-21)13-24-20(22-2)23-9-10-25-18(26)16-14-4-5-15(12-14)17(16)19(25)27;/h4-5,14-17H,3,6-13H2,1-2H3,(H2,22,23,24);1H. The Morgan fingerprint density at radius 2 is 1.86 bits per heavy atom. The molecule has 0 aromatic carbocycles. The van der Waals surface area contributed by atoms with Crippen LogP contribution in [-0.4, -0.2) is 62.6 Å². The number of carbonyl (C=O) groups is 2. The first-order chi connectivity index (χ1) is 13.6. The lowest BCUT2D eigenvalue weighted by Gasteiger charge is -2.20. The van der Waals surface area contributed by atoms with Gasteiger partial charge in [0.1, 0.15) is 0 Å². The second kappa shape index (κ2) is 9.32. The molecule has 2 N–H and O–H groups in total. The molecule has 29 heavy (non-hydrogen) atoms. The Bertz CT molecular complexity index is 661. The molecule has 0 aromatic rings. The first kappa shape index (κ1) is 22.5. The molecule has 4 unspecified atom stereocenters. The molecule has 3 fully saturated rings. The number of ether oxygens (including phenoxy) is 1. The van der Waals surface area contributed by atoms with Crippen LogP contribution in [0.1, 0.15) is 32.6 Å². The van der Waals surface area contributed by atoms with Crippen LogP contribution in [0.5, 0.6) is 0 Å². The molecule has 7 nitrogen and oxygen atoms in total. The van der Waals surface area contributed by atoms with Gasteiger partial charge in [-0.15, -0.1) is 24.0 Å². The van der Waals surface area contributed by atoms with Gasteiger partial charge in [-0.3, -0.25) is 19.5 Å². The Balaban J connectivity index is 0.00000240. The van der Waals surface area contributed by atoms with Crippen molar-refractivity contribution in [1.82, 2.24) is 15.5 Å². The summed E-state index contributed by atoms with van der Waals surface area (Å²) in [4.78, 5) is 31.2. The SMILES string of the molecule is CCOCCC1(CNC(=NC)NCCN2C(=O)C3C4C=CC(C4)C3C2=O)CC1.I. The van der Waals surface area contributed by atoms with Gasteiger partial charge in [0.05, 0.1) is 11.8 Å². The van der Waals surface area contributed by atoms with Gasteiger partial charge in [0.2, 0.25) is 11.8 Å². The summed E-state index contributed by atoms with van der Waals surface area (Å²) in [6, 6.07) is 0. The van der Waals surface area contributed by atoms with Gasteiger partial charge in [0.25, 0.3) is 0 Å². The van der Waals surface area contributed by atoms with E-state index in [1.807, 2.05) is 6.92 Å². The molecule has 2 bridgehead atoms. The van der Waals surface area contributed by atoms with Crippen LogP contribution in [0.3, 0.4) is 0 Å². The number of rotatable bonds is 9. The van der Waals surface area contributed by atoms with Gasteiger partial charge < -0.3 is 15.4 Å². The molecule has 0 spiro atoms. The van der Waals surface area contributed by atoms with Crippen LogP contribution in [-0.2, 0) is 14.3 Å². The number of nitrogens with zero attached hydrogens (tertiary/aromatic N) is 2. The number of amides is 2. The number of imide groups is 1. The van der Waals surface area contributed by atoms with Crippen molar-refractivity contribution in [3.05, 3.63) is 12.2 Å². The van der Waals surface area contributed by atoms with E-state index in [0.717, 1.165) is 38.6 Å². The fraction of sp³-hybridized carbons (Fsp3) is 0.762. The number of fused-ring (bicyclic) bond motifs is 5. The zero-order chi connectivity index (χ0) is 19.7. The molecular weight excluding hydrogens is 483 g/mol. The molecule has 4 rings (SSSR count). The summed E-state index contributed by atoms with van der Waals surface area (Å²) in [5.74, 6) is 1.08. The fourth-order valence-corrected chi connectivity index (χ4v) is 5.09. The largest absolute Gasteiger partial charge is 0.382 e. The second-order valence-corrected chi connectivity index (χ2v) is 8.63. The Labute approximate surface area is 190 Å². The molecule has 0 radical (unpaired) electrons. The van der Waals surface area contributed by atoms with Crippen LogP contribution in [0.15, 0.2) is 17.1 Å². The van der Waals surface area contributed by atoms with Crippen molar-refractivity contribution in [2.75, 3.05) is 39.9 Å². The van der Waals surface area contributed by atoms with E-state index >= 15 is 0 Å². The van der Waals surface area contributed by atoms with E-state index in [-0.39, 0.29) is 59.5 Å². The van der Waals surface area contributed by atoms with Crippen LogP contribution in [0.25, 0.3) is 0 Å². The highest BCUT2D eigenvalue weighted by Gasteiger charge is 2.58. The minimum Gasteiger partial charge on any atom is -0.382 e. The molecule has 3 aliphatic carbocycles. The summed E-state index contributed by atoms with van der Waals surface area (Å²) < 4.78 is 5.49. The lowest BCUT2D eigenvalue weighted by Crippen LogP contribution is -2.45. The third kappa shape index (κ3) is 4.47. The highest BCUT2D eigenvalue weighted by atomic mass is 127.